The van der Waals surface area contributed by atoms with E-state index in [1.165, 1.54) is 6.92 Å². The van der Waals surface area contributed by atoms with Crippen LogP contribution >= 0.6 is 0 Å². The summed E-state index contributed by atoms with van der Waals surface area (Å²) in [5.74, 6) is -2.43. The van der Waals surface area contributed by atoms with Crippen LogP contribution in [0.4, 0.5) is 0 Å². The Morgan fingerprint density at radius 1 is 1.05 bits per heavy atom. The minimum Gasteiger partial charge on any atom is -0.461 e. The summed E-state index contributed by atoms with van der Waals surface area (Å²) in [4.78, 5) is 35.1. The van der Waals surface area contributed by atoms with E-state index < -0.39 is 36.2 Å². The molecule has 1 amide bonds. The van der Waals surface area contributed by atoms with Gasteiger partial charge in [0.1, 0.15) is 0 Å². The van der Waals surface area contributed by atoms with Gasteiger partial charge in [-0.25, -0.2) is 9.59 Å². The lowest BCUT2D eigenvalue weighted by Gasteiger charge is -2.20. The molecule has 0 bridgehead atoms. The van der Waals surface area contributed by atoms with Gasteiger partial charge in [0, 0.05) is 12.5 Å². The first-order valence-electron chi connectivity index (χ1n) is 6.80. The van der Waals surface area contributed by atoms with Crippen molar-refractivity contribution in [3.8, 4) is 0 Å². The Morgan fingerprint density at radius 3 is 2.09 bits per heavy atom. The van der Waals surface area contributed by atoms with Crippen LogP contribution in [0.2, 0.25) is 0 Å². The summed E-state index contributed by atoms with van der Waals surface area (Å²) >= 11 is 0. The summed E-state index contributed by atoms with van der Waals surface area (Å²) in [6, 6.07) is 7.07. The number of hydrogen-bond acceptors (Lipinski definition) is 6. The monoisotopic (exact) mass is 308 g/mol. The second kappa shape index (κ2) is 8.14. The van der Waals surface area contributed by atoms with E-state index in [0.29, 0.717) is 5.56 Å². The van der Waals surface area contributed by atoms with E-state index in [-0.39, 0.29) is 0 Å². The highest BCUT2D eigenvalue weighted by Gasteiger charge is 2.32. The average molecular weight is 308 g/mol. The molecule has 0 aromatic heterocycles. The molecule has 1 aromatic carbocycles. The maximum atomic E-state index is 12.1. The van der Waals surface area contributed by atoms with Crippen molar-refractivity contribution in [3.05, 3.63) is 35.9 Å². The third kappa shape index (κ3) is 5.53. The van der Waals surface area contributed by atoms with E-state index in [0.717, 1.165) is 0 Å². The first kappa shape index (κ1) is 17.6. The van der Waals surface area contributed by atoms with Gasteiger partial charge >= 0.3 is 11.9 Å². The number of rotatable bonds is 6. The molecule has 22 heavy (non-hydrogen) atoms. The van der Waals surface area contributed by atoms with Gasteiger partial charge in [0.25, 0.3) is 0 Å². The van der Waals surface area contributed by atoms with Crippen LogP contribution < -0.4 is 11.1 Å². The quantitative estimate of drug-likeness (QED) is 0.454. The summed E-state index contributed by atoms with van der Waals surface area (Å²) in [6.07, 6.45) is -1.48. The van der Waals surface area contributed by atoms with Crippen molar-refractivity contribution < 1.29 is 23.9 Å². The molecule has 0 aliphatic heterocycles. The van der Waals surface area contributed by atoms with E-state index in [2.05, 4.69) is 5.32 Å². The van der Waals surface area contributed by atoms with E-state index in [4.69, 9.17) is 15.2 Å². The summed E-state index contributed by atoms with van der Waals surface area (Å²) in [7, 11) is 0. The number of carbonyl (C=O) groups excluding carboxylic acids is 3. The van der Waals surface area contributed by atoms with E-state index >= 15 is 0 Å². The first-order valence-corrected chi connectivity index (χ1v) is 6.80. The zero-order valence-corrected chi connectivity index (χ0v) is 12.7. The predicted octanol–water partition coefficient (Wildman–Crippen LogP) is 0.643. The van der Waals surface area contributed by atoms with Crippen molar-refractivity contribution in [3.63, 3.8) is 0 Å². The summed E-state index contributed by atoms with van der Waals surface area (Å²) in [5, 5.41) is 2.20. The maximum Gasteiger partial charge on any atom is 0.342 e. The fraction of sp³-hybridized carbons (Fsp3) is 0.400. The molecule has 120 valence electrons. The van der Waals surface area contributed by atoms with Crippen molar-refractivity contribution in [2.24, 2.45) is 5.73 Å². The molecule has 0 saturated heterocycles. The summed E-state index contributed by atoms with van der Waals surface area (Å²) in [5.41, 5.74) is 6.32. The fourth-order valence-corrected chi connectivity index (χ4v) is 1.62. The molecule has 2 unspecified atom stereocenters. The molecule has 0 aliphatic carbocycles. The molecule has 0 spiro atoms. The lowest BCUT2D eigenvalue weighted by molar-refractivity contribution is -0.165. The predicted molar refractivity (Wildman–Crippen MR) is 78.3 cm³/mol. The molecule has 0 radical (unpaired) electrons. The van der Waals surface area contributed by atoms with Crippen molar-refractivity contribution in [1.29, 1.82) is 0 Å². The Bertz CT molecular complexity index is 530. The zero-order chi connectivity index (χ0) is 16.7. The number of hydrogen-bond donors (Lipinski definition) is 2. The standard InChI is InChI=1S/C15H20N2O5/c1-9(2)21-14(19)12(17-10(3)18)15(20)22-13(16)11-7-5-4-6-8-11/h4-9,12-13H,16H2,1-3H3,(H,17,18). The van der Waals surface area contributed by atoms with Crippen LogP contribution in [0.3, 0.4) is 0 Å². The molecule has 7 nitrogen and oxygen atoms in total. The minimum absolute atomic E-state index is 0.431. The smallest absolute Gasteiger partial charge is 0.342 e. The molecule has 1 aromatic rings. The number of amides is 1. The maximum absolute atomic E-state index is 12.1. The fourth-order valence-electron chi connectivity index (χ4n) is 1.62. The zero-order valence-electron chi connectivity index (χ0n) is 12.7. The van der Waals surface area contributed by atoms with Crippen molar-refractivity contribution in [1.82, 2.24) is 5.32 Å². The van der Waals surface area contributed by atoms with Gasteiger partial charge in [-0.3, -0.25) is 10.5 Å². The van der Waals surface area contributed by atoms with Gasteiger partial charge in [-0.15, -0.1) is 0 Å². The number of esters is 2. The molecule has 0 fully saturated rings. The van der Waals surface area contributed by atoms with Gasteiger partial charge in [-0.2, -0.15) is 0 Å². The normalized spacial score (nSPS) is 13.1. The Hall–Kier alpha value is -2.41. The van der Waals surface area contributed by atoms with Crippen LogP contribution in [0.1, 0.15) is 32.6 Å². The highest BCUT2D eigenvalue weighted by atomic mass is 16.6. The van der Waals surface area contributed by atoms with Crippen LogP contribution in [-0.2, 0) is 23.9 Å². The van der Waals surface area contributed by atoms with Gasteiger partial charge in [0.2, 0.25) is 11.9 Å². The van der Waals surface area contributed by atoms with Crippen LogP contribution in [0.15, 0.2) is 30.3 Å². The third-order valence-corrected chi connectivity index (χ3v) is 2.54. The highest BCUT2D eigenvalue weighted by Crippen LogP contribution is 2.12. The molecular formula is C15H20N2O5. The number of ether oxygens (including phenoxy) is 2. The number of nitrogens with two attached hydrogens (primary N) is 1. The van der Waals surface area contributed by atoms with Gasteiger partial charge in [0.15, 0.2) is 6.23 Å². The molecule has 1 rings (SSSR count). The van der Waals surface area contributed by atoms with Crippen molar-refractivity contribution >= 4 is 17.8 Å². The third-order valence-electron chi connectivity index (χ3n) is 2.54. The SMILES string of the molecule is CC(=O)NC(C(=O)OC(C)C)C(=O)OC(N)c1ccccc1. The molecular weight excluding hydrogens is 288 g/mol. The molecule has 2 atom stereocenters. The Labute approximate surface area is 128 Å². The van der Waals surface area contributed by atoms with Gasteiger partial charge < -0.3 is 14.8 Å². The number of carbonyl (C=O) groups is 3. The number of nitrogens with one attached hydrogen (secondary N) is 1. The Morgan fingerprint density at radius 2 is 1.59 bits per heavy atom. The molecule has 0 aliphatic rings. The van der Waals surface area contributed by atoms with Crippen LogP contribution in [0.5, 0.6) is 0 Å². The second-order valence-electron chi connectivity index (χ2n) is 4.89. The van der Waals surface area contributed by atoms with Crippen LogP contribution in [0.25, 0.3) is 0 Å². The lowest BCUT2D eigenvalue weighted by Crippen LogP contribution is -2.48. The lowest BCUT2D eigenvalue weighted by atomic mass is 10.2. The Kier molecular flexibility index (Phi) is 6.52. The molecule has 3 N–H and O–H groups in total. The van der Waals surface area contributed by atoms with E-state index in [9.17, 15) is 14.4 Å². The second-order valence-corrected chi connectivity index (χ2v) is 4.89. The topological polar surface area (TPSA) is 108 Å². The average Bonchev–Trinajstić information content (AvgIpc) is 2.44. The van der Waals surface area contributed by atoms with Crippen LogP contribution in [0, 0.1) is 0 Å². The van der Waals surface area contributed by atoms with E-state index in [1.54, 1.807) is 44.2 Å². The first-order chi connectivity index (χ1) is 10.3. The largest absolute Gasteiger partial charge is 0.461 e. The summed E-state index contributed by atoms with van der Waals surface area (Å²) < 4.78 is 9.95. The Balaban J connectivity index is 2.79. The molecule has 0 saturated carbocycles. The van der Waals surface area contributed by atoms with Crippen LogP contribution in [-0.4, -0.2) is 30.0 Å². The summed E-state index contributed by atoms with van der Waals surface area (Å²) in [6.45, 7) is 4.44. The highest BCUT2D eigenvalue weighted by molar-refractivity contribution is 6.02. The number of benzene rings is 1. The minimum atomic E-state index is -1.55. The van der Waals surface area contributed by atoms with Gasteiger partial charge in [-0.1, -0.05) is 30.3 Å². The van der Waals surface area contributed by atoms with Crippen molar-refractivity contribution in [2.75, 3.05) is 0 Å². The van der Waals surface area contributed by atoms with E-state index in [1.807, 2.05) is 0 Å². The van der Waals surface area contributed by atoms with Gasteiger partial charge in [0.05, 0.1) is 6.10 Å². The molecule has 0 heterocycles. The van der Waals surface area contributed by atoms with Crippen molar-refractivity contribution in [2.45, 2.75) is 39.1 Å². The van der Waals surface area contributed by atoms with Gasteiger partial charge in [-0.05, 0) is 13.8 Å². The molecule has 7 heteroatoms.